The van der Waals surface area contributed by atoms with Crippen LogP contribution >= 0.6 is 0 Å². The summed E-state index contributed by atoms with van der Waals surface area (Å²) in [4.78, 5) is 110. The largest absolute Gasteiger partial charge is 0.481 e. The normalized spacial score (nSPS) is 40.2. The summed E-state index contributed by atoms with van der Waals surface area (Å²) in [5.74, 6) is -5.85. The molecule has 0 aromatic rings. The lowest BCUT2D eigenvalue weighted by Crippen LogP contribution is -2.69. The van der Waals surface area contributed by atoms with E-state index < -0.39 is 106 Å². The van der Waals surface area contributed by atoms with Crippen LogP contribution in [0.1, 0.15) is 128 Å². The minimum absolute atomic E-state index is 0.0642. The summed E-state index contributed by atoms with van der Waals surface area (Å²) in [6, 6.07) is -5.15. The molecular weight excluding hydrogens is 777 g/mol. The summed E-state index contributed by atoms with van der Waals surface area (Å²) >= 11 is 0. The van der Waals surface area contributed by atoms with Gasteiger partial charge in [-0.2, -0.15) is 0 Å². The lowest BCUT2D eigenvalue weighted by atomic mass is 9.46. The van der Waals surface area contributed by atoms with E-state index in [4.69, 9.17) is 11.5 Å². The molecular formula is C42H64N8O10. The monoisotopic (exact) mass is 840 g/mol. The van der Waals surface area contributed by atoms with E-state index in [2.05, 4.69) is 31.9 Å². The number of rotatable bonds is 12. The van der Waals surface area contributed by atoms with Crippen LogP contribution in [-0.4, -0.2) is 106 Å². The molecule has 9 aliphatic rings. The quantitative estimate of drug-likeness (QED) is 0.117. The number of hydrogen-bond donors (Lipinski definition) is 10. The number of nitrogens with one attached hydrogen (secondary N) is 6. The zero-order valence-corrected chi connectivity index (χ0v) is 34.5. The highest BCUT2D eigenvalue weighted by atomic mass is 16.4. The van der Waals surface area contributed by atoms with Gasteiger partial charge in [0.25, 0.3) is 0 Å². The number of amides is 6. The molecule has 8 saturated carbocycles. The van der Waals surface area contributed by atoms with Gasteiger partial charge in [0.2, 0.25) is 35.4 Å². The SMILES string of the molecule is NCCCCC1NC(=O)[C@H](CC(=O)O)NC(=O)C23CC4CC(CC(C4)(C2)NC(=O)C(CCCCN)NC(=O)[C@H](CC(=O)O)NC(=O)C24CC5CC(CC(C5)(C2)NC1=O)C4)C3. The van der Waals surface area contributed by atoms with Gasteiger partial charge in [0, 0.05) is 11.1 Å². The first-order valence-corrected chi connectivity index (χ1v) is 22.2. The molecule has 18 heteroatoms. The van der Waals surface area contributed by atoms with Crippen LogP contribution in [0.4, 0.5) is 0 Å². The van der Waals surface area contributed by atoms with Gasteiger partial charge in [0.05, 0.1) is 23.7 Å². The summed E-state index contributed by atoms with van der Waals surface area (Å²) in [7, 11) is 0. The Morgan fingerprint density at radius 3 is 1.17 bits per heavy atom. The molecule has 0 aromatic heterocycles. The van der Waals surface area contributed by atoms with Crippen molar-refractivity contribution in [1.82, 2.24) is 31.9 Å². The van der Waals surface area contributed by atoms with Crippen LogP contribution in [0.2, 0.25) is 0 Å². The number of carboxylic acid groups (broad SMARTS) is 2. The molecule has 12 N–H and O–H groups in total. The Kier molecular flexibility index (Phi) is 12.6. The Labute approximate surface area is 350 Å². The van der Waals surface area contributed by atoms with Crippen molar-refractivity contribution in [2.45, 2.75) is 164 Å². The zero-order valence-electron chi connectivity index (χ0n) is 34.5. The van der Waals surface area contributed by atoms with E-state index in [9.17, 15) is 48.6 Å². The van der Waals surface area contributed by atoms with Gasteiger partial charge in [-0.3, -0.25) is 38.4 Å². The summed E-state index contributed by atoms with van der Waals surface area (Å²) in [5, 5.41) is 37.5. The molecule has 8 atom stereocenters. The second kappa shape index (κ2) is 17.2. The molecule has 0 radical (unpaired) electrons. The third kappa shape index (κ3) is 9.14. The fraction of sp³-hybridized carbons (Fsp3) is 0.810. The maximum absolute atomic E-state index is 14.5. The molecule has 18 nitrogen and oxygen atoms in total. The van der Waals surface area contributed by atoms with Gasteiger partial charge in [-0.05, 0) is 152 Å². The molecule has 60 heavy (non-hydrogen) atoms. The van der Waals surface area contributed by atoms with Gasteiger partial charge >= 0.3 is 11.9 Å². The van der Waals surface area contributed by atoms with E-state index in [0.29, 0.717) is 90.1 Å². The standard InChI is InChI=1S/C42H64N8O10/c43-7-3-1-5-27-35(57)49-41-17-23-9-24(18-41)14-39(13-23,21-41)38(60)48-30(12-32(53)54)34(56)46-28(6-2-4-8-44)36(58)50-42-19-25-10-26(20-42)16-40(15-25,22-42)37(59)47-29(11-31(51)52)33(55)45-27/h23-30H,1-22,43-44H2,(H,45,55)(H,46,56)(H,47,59)(H,48,60)(H,49,57)(H,50,58)(H,51,52)(H,53,54)/t23?,24?,25?,26?,27?,28?,29-,30-,39?,40?,41?,42?/m0/s1. The van der Waals surface area contributed by atoms with Gasteiger partial charge in [0.15, 0.2) is 0 Å². The van der Waals surface area contributed by atoms with E-state index >= 15 is 0 Å². The average molecular weight is 841 g/mol. The van der Waals surface area contributed by atoms with Crippen molar-refractivity contribution in [2.75, 3.05) is 13.1 Å². The fourth-order valence-corrected chi connectivity index (χ4v) is 13.5. The van der Waals surface area contributed by atoms with Crippen LogP contribution in [0, 0.1) is 34.5 Å². The summed E-state index contributed by atoms with van der Waals surface area (Å²) in [5.41, 5.74) is 7.89. The third-order valence-corrected chi connectivity index (χ3v) is 15.0. The molecule has 6 unspecified atom stereocenters. The molecule has 1 saturated heterocycles. The number of aliphatic carboxylic acids is 2. The van der Waals surface area contributed by atoms with Gasteiger partial charge in [-0.1, -0.05) is 0 Å². The van der Waals surface area contributed by atoms with Crippen molar-refractivity contribution in [3.63, 3.8) is 0 Å². The van der Waals surface area contributed by atoms with Crippen molar-refractivity contribution < 1.29 is 48.6 Å². The number of carbonyl (C=O) groups excluding carboxylic acids is 6. The highest BCUT2D eigenvalue weighted by Gasteiger charge is 2.63. The van der Waals surface area contributed by atoms with E-state index in [1.807, 2.05) is 0 Å². The molecule has 9 fully saturated rings. The predicted octanol–water partition coefficient (Wildman–Crippen LogP) is 0.0570. The van der Waals surface area contributed by atoms with Gasteiger partial charge in [-0.15, -0.1) is 0 Å². The average Bonchev–Trinajstić information content (AvgIpc) is 3.14. The van der Waals surface area contributed by atoms with Crippen LogP contribution in [0.15, 0.2) is 0 Å². The minimum atomic E-state index is -1.48. The van der Waals surface area contributed by atoms with Crippen molar-refractivity contribution >= 4 is 47.4 Å². The number of nitrogens with two attached hydrogens (primary N) is 2. The lowest BCUT2D eigenvalue weighted by molar-refractivity contribution is -0.157. The second-order valence-electron chi connectivity index (χ2n) is 20.0. The molecule has 1 heterocycles. The Morgan fingerprint density at radius 1 is 0.500 bits per heavy atom. The van der Waals surface area contributed by atoms with Crippen molar-refractivity contribution in [3.05, 3.63) is 0 Å². The van der Waals surface area contributed by atoms with Gasteiger partial charge < -0.3 is 53.6 Å². The van der Waals surface area contributed by atoms with E-state index in [1.165, 1.54) is 0 Å². The molecule has 0 aromatic carbocycles. The Bertz CT molecular complexity index is 1600. The first-order valence-electron chi connectivity index (χ1n) is 22.2. The fourth-order valence-electron chi connectivity index (χ4n) is 13.5. The summed E-state index contributed by atoms with van der Waals surface area (Å²) in [6.07, 6.45) is 7.61. The van der Waals surface area contributed by atoms with Crippen LogP contribution in [0.25, 0.3) is 0 Å². The van der Waals surface area contributed by atoms with Gasteiger partial charge in [0.1, 0.15) is 24.2 Å². The second-order valence-corrected chi connectivity index (χ2v) is 20.0. The van der Waals surface area contributed by atoms with E-state index in [0.717, 1.165) is 12.8 Å². The Balaban J connectivity index is 1.25. The number of hydrogen-bond acceptors (Lipinski definition) is 10. The lowest BCUT2D eigenvalue weighted by Gasteiger charge is -2.61. The topological polar surface area (TPSA) is 301 Å². The highest BCUT2D eigenvalue weighted by molar-refractivity contribution is 5.97. The molecule has 4 spiro atoms. The minimum Gasteiger partial charge on any atom is -0.481 e. The van der Waals surface area contributed by atoms with E-state index in [1.54, 1.807) is 0 Å². The molecule has 332 valence electrons. The Hall–Kier alpha value is -4.32. The van der Waals surface area contributed by atoms with Crippen LogP contribution < -0.4 is 43.4 Å². The number of carboxylic acids is 2. The number of carbonyl (C=O) groups is 8. The predicted molar refractivity (Wildman–Crippen MR) is 214 cm³/mol. The van der Waals surface area contributed by atoms with Crippen molar-refractivity contribution in [1.29, 1.82) is 0 Å². The third-order valence-electron chi connectivity index (χ3n) is 15.0. The maximum atomic E-state index is 14.5. The zero-order chi connectivity index (χ0) is 43.0. The van der Waals surface area contributed by atoms with Crippen LogP contribution in [0.5, 0.6) is 0 Å². The molecule has 6 amide bonds. The van der Waals surface area contributed by atoms with Gasteiger partial charge in [-0.25, -0.2) is 0 Å². The molecule has 9 rings (SSSR count). The van der Waals surface area contributed by atoms with Crippen LogP contribution in [0.3, 0.4) is 0 Å². The highest BCUT2D eigenvalue weighted by Crippen LogP contribution is 2.63. The molecule has 8 bridgehead atoms. The van der Waals surface area contributed by atoms with E-state index in [-0.39, 0.29) is 49.4 Å². The smallest absolute Gasteiger partial charge is 0.305 e. The van der Waals surface area contributed by atoms with Crippen LogP contribution in [-0.2, 0) is 38.4 Å². The number of unbranched alkanes of at least 4 members (excludes halogenated alkanes) is 2. The first-order chi connectivity index (χ1) is 28.5. The summed E-state index contributed by atoms with van der Waals surface area (Å²) < 4.78 is 0. The van der Waals surface area contributed by atoms with Crippen molar-refractivity contribution in [3.8, 4) is 0 Å². The van der Waals surface area contributed by atoms with Crippen molar-refractivity contribution in [2.24, 2.45) is 46.0 Å². The first kappa shape index (κ1) is 43.8. The summed E-state index contributed by atoms with van der Waals surface area (Å²) in [6.45, 7) is 0.708. The Morgan fingerprint density at radius 2 is 0.850 bits per heavy atom. The molecule has 8 aliphatic carbocycles. The molecule has 1 aliphatic heterocycles. The maximum Gasteiger partial charge on any atom is 0.305 e.